The summed E-state index contributed by atoms with van der Waals surface area (Å²) in [6.45, 7) is 2.22. The Bertz CT molecular complexity index is 497. The minimum atomic E-state index is 0.250. The van der Waals surface area contributed by atoms with Crippen molar-refractivity contribution in [2.24, 2.45) is 0 Å². The third-order valence-corrected chi connectivity index (χ3v) is 2.95. The zero-order valence-electron chi connectivity index (χ0n) is 7.94. The third kappa shape index (κ3) is 0.865. The van der Waals surface area contributed by atoms with Crippen molar-refractivity contribution in [3.05, 3.63) is 18.2 Å². The minimum Gasteiger partial charge on any atom is -0.381 e. The maximum absolute atomic E-state index is 5.70. The summed E-state index contributed by atoms with van der Waals surface area (Å²) in [5.74, 6) is 0.440. The van der Waals surface area contributed by atoms with Gasteiger partial charge in [0.25, 0.3) is 0 Å². The van der Waals surface area contributed by atoms with Gasteiger partial charge in [0.05, 0.1) is 11.9 Å². The highest BCUT2D eigenvalue weighted by atomic mass is 15.3. The van der Waals surface area contributed by atoms with E-state index >= 15 is 0 Å². The van der Waals surface area contributed by atoms with Gasteiger partial charge in [-0.3, -0.25) is 0 Å². The molecule has 2 N–H and O–H groups in total. The number of nitrogen functional groups attached to an aromatic ring is 1. The fourth-order valence-corrected chi connectivity index (χ4v) is 1.69. The van der Waals surface area contributed by atoms with Gasteiger partial charge in [-0.2, -0.15) is 5.10 Å². The maximum Gasteiger partial charge on any atom is 0.196 e. The quantitative estimate of drug-likeness (QED) is 0.719. The summed E-state index contributed by atoms with van der Waals surface area (Å²) in [6, 6.07) is 0. The third-order valence-electron chi connectivity index (χ3n) is 2.95. The van der Waals surface area contributed by atoms with Crippen LogP contribution in [0.1, 0.15) is 25.5 Å². The van der Waals surface area contributed by atoms with Crippen molar-refractivity contribution in [2.45, 2.75) is 25.2 Å². The van der Waals surface area contributed by atoms with Crippen LogP contribution >= 0.6 is 0 Å². The number of nitrogens with zero attached hydrogens (tertiary/aromatic N) is 4. The Balaban J connectivity index is 2.32. The highest BCUT2D eigenvalue weighted by Crippen LogP contribution is 2.47. The molecule has 0 atom stereocenters. The van der Waals surface area contributed by atoms with E-state index in [0.29, 0.717) is 11.5 Å². The van der Waals surface area contributed by atoms with E-state index in [9.17, 15) is 0 Å². The molecule has 1 aliphatic carbocycles. The van der Waals surface area contributed by atoms with Crippen LogP contribution in [0.5, 0.6) is 0 Å². The van der Waals surface area contributed by atoms with Gasteiger partial charge < -0.3 is 5.73 Å². The topological polar surface area (TPSA) is 69.1 Å². The van der Waals surface area contributed by atoms with E-state index in [1.54, 1.807) is 4.52 Å². The van der Waals surface area contributed by atoms with Crippen molar-refractivity contribution >= 4 is 11.5 Å². The van der Waals surface area contributed by atoms with Crippen molar-refractivity contribution in [2.75, 3.05) is 5.73 Å². The molecule has 1 aliphatic rings. The first-order valence-corrected chi connectivity index (χ1v) is 4.65. The van der Waals surface area contributed by atoms with Gasteiger partial charge >= 0.3 is 0 Å². The minimum absolute atomic E-state index is 0.250. The van der Waals surface area contributed by atoms with Crippen molar-refractivity contribution in [3.63, 3.8) is 0 Å². The number of imidazole rings is 1. The molecule has 0 saturated heterocycles. The molecule has 3 rings (SSSR count). The van der Waals surface area contributed by atoms with Gasteiger partial charge in [-0.15, -0.1) is 0 Å². The summed E-state index contributed by atoms with van der Waals surface area (Å²) in [7, 11) is 0. The summed E-state index contributed by atoms with van der Waals surface area (Å²) in [5, 5.41) is 4.17. The fraction of sp³-hybridized carbons (Fsp3) is 0.444. The number of hydrogen-bond acceptors (Lipinski definition) is 4. The first-order chi connectivity index (χ1) is 6.71. The van der Waals surface area contributed by atoms with E-state index in [1.165, 1.54) is 19.2 Å². The molecule has 0 bridgehead atoms. The van der Waals surface area contributed by atoms with Crippen LogP contribution in [0.25, 0.3) is 5.65 Å². The van der Waals surface area contributed by atoms with E-state index < -0.39 is 0 Å². The highest BCUT2D eigenvalue weighted by Gasteiger charge is 2.42. The molecule has 5 heteroatoms. The lowest BCUT2D eigenvalue weighted by Crippen LogP contribution is -2.08. The summed E-state index contributed by atoms with van der Waals surface area (Å²) in [6.07, 6.45) is 5.72. The first-order valence-electron chi connectivity index (χ1n) is 4.65. The number of hydrogen-bond donors (Lipinski definition) is 1. The molecular formula is C9H11N5. The lowest BCUT2D eigenvalue weighted by molar-refractivity contribution is 0.700. The predicted octanol–water partition coefficient (Wildman–Crippen LogP) is 0.758. The molecule has 5 nitrogen and oxygen atoms in total. The van der Waals surface area contributed by atoms with Crippen LogP contribution in [0.15, 0.2) is 12.5 Å². The van der Waals surface area contributed by atoms with Crippen molar-refractivity contribution in [1.29, 1.82) is 0 Å². The van der Waals surface area contributed by atoms with Crippen molar-refractivity contribution in [1.82, 2.24) is 19.6 Å². The van der Waals surface area contributed by atoms with Crippen LogP contribution in [0, 0.1) is 0 Å². The second-order valence-electron chi connectivity index (χ2n) is 4.08. The molecule has 72 valence electrons. The highest BCUT2D eigenvalue weighted by molar-refractivity contribution is 5.59. The standard InChI is InChI=1S/C9H11N5/c1-9(2-3-9)6-4-11-8-7(10)12-5-13-14(6)8/h4-5H,2-3H2,1H3,(H2,10,12,13). The molecule has 0 radical (unpaired) electrons. The van der Waals surface area contributed by atoms with Gasteiger partial charge in [-0.05, 0) is 12.8 Å². The van der Waals surface area contributed by atoms with E-state index in [0.717, 1.165) is 5.69 Å². The molecular weight excluding hydrogens is 178 g/mol. The summed E-state index contributed by atoms with van der Waals surface area (Å²) >= 11 is 0. The van der Waals surface area contributed by atoms with Gasteiger partial charge in [0, 0.05) is 5.41 Å². The second kappa shape index (κ2) is 2.23. The summed E-state index contributed by atoms with van der Waals surface area (Å²) in [5.41, 5.74) is 7.75. The molecule has 2 heterocycles. The van der Waals surface area contributed by atoms with Crippen LogP contribution in [0.3, 0.4) is 0 Å². The molecule has 0 aromatic carbocycles. The average Bonchev–Trinajstić information content (AvgIpc) is 2.77. The average molecular weight is 189 g/mol. The Morgan fingerprint density at radius 3 is 2.93 bits per heavy atom. The van der Waals surface area contributed by atoms with Crippen LogP contribution < -0.4 is 5.73 Å². The maximum atomic E-state index is 5.70. The Morgan fingerprint density at radius 2 is 2.21 bits per heavy atom. The Kier molecular flexibility index (Phi) is 1.23. The molecule has 2 aromatic rings. The van der Waals surface area contributed by atoms with Gasteiger partial charge in [0.2, 0.25) is 0 Å². The summed E-state index contributed by atoms with van der Waals surface area (Å²) in [4.78, 5) is 8.14. The lowest BCUT2D eigenvalue weighted by Gasteiger charge is -2.06. The zero-order valence-corrected chi connectivity index (χ0v) is 7.94. The number of anilines is 1. The van der Waals surface area contributed by atoms with E-state index in [1.807, 2.05) is 6.20 Å². The summed E-state index contributed by atoms with van der Waals surface area (Å²) < 4.78 is 1.80. The van der Waals surface area contributed by atoms with Crippen LogP contribution in [-0.4, -0.2) is 19.6 Å². The molecule has 14 heavy (non-hydrogen) atoms. The largest absolute Gasteiger partial charge is 0.381 e. The van der Waals surface area contributed by atoms with Gasteiger partial charge in [0.1, 0.15) is 6.33 Å². The number of aromatic nitrogens is 4. The van der Waals surface area contributed by atoms with Crippen LogP contribution in [-0.2, 0) is 5.41 Å². The fourth-order valence-electron chi connectivity index (χ4n) is 1.69. The Morgan fingerprint density at radius 1 is 1.43 bits per heavy atom. The molecule has 2 aromatic heterocycles. The molecule has 1 fully saturated rings. The number of nitrogens with two attached hydrogens (primary N) is 1. The monoisotopic (exact) mass is 189 g/mol. The van der Waals surface area contributed by atoms with Gasteiger partial charge in [-0.25, -0.2) is 14.5 Å². The van der Waals surface area contributed by atoms with Crippen molar-refractivity contribution in [3.8, 4) is 0 Å². The Hall–Kier alpha value is -1.65. The van der Waals surface area contributed by atoms with E-state index in [4.69, 9.17) is 5.73 Å². The second-order valence-corrected chi connectivity index (χ2v) is 4.08. The van der Waals surface area contributed by atoms with E-state index in [2.05, 4.69) is 22.0 Å². The SMILES string of the molecule is CC1(c2cnc3c(N)ncnn23)CC1. The molecule has 0 unspecified atom stereocenters. The molecule has 0 amide bonds. The predicted molar refractivity (Wildman–Crippen MR) is 51.8 cm³/mol. The Labute approximate surface area is 81.0 Å². The van der Waals surface area contributed by atoms with E-state index in [-0.39, 0.29) is 5.41 Å². The lowest BCUT2D eigenvalue weighted by atomic mass is 10.1. The normalized spacial score (nSPS) is 18.6. The first kappa shape index (κ1) is 7.73. The smallest absolute Gasteiger partial charge is 0.196 e. The van der Waals surface area contributed by atoms with Gasteiger partial charge in [-0.1, -0.05) is 6.92 Å². The zero-order chi connectivity index (χ0) is 9.76. The van der Waals surface area contributed by atoms with Gasteiger partial charge in [0.15, 0.2) is 11.5 Å². The molecule has 1 saturated carbocycles. The van der Waals surface area contributed by atoms with Crippen LogP contribution in [0.2, 0.25) is 0 Å². The molecule has 0 aliphatic heterocycles. The number of fused-ring (bicyclic) bond motifs is 1. The van der Waals surface area contributed by atoms with Crippen LogP contribution in [0.4, 0.5) is 5.82 Å². The molecule has 0 spiro atoms. The number of rotatable bonds is 1. The van der Waals surface area contributed by atoms with Crippen molar-refractivity contribution < 1.29 is 0 Å².